The third kappa shape index (κ3) is 6.54. The fourth-order valence-corrected chi connectivity index (χ4v) is 2.87. The Morgan fingerprint density at radius 1 is 1.18 bits per heavy atom. The summed E-state index contributed by atoms with van der Waals surface area (Å²) in [6.45, 7) is 3.71. The summed E-state index contributed by atoms with van der Waals surface area (Å²) in [7, 11) is -1.60. The van der Waals surface area contributed by atoms with E-state index in [2.05, 4.69) is 10.0 Å². The molecular formula is C9H22ClN3O3S. The third-order valence-corrected chi connectivity index (χ3v) is 4.09. The zero-order valence-corrected chi connectivity index (χ0v) is 11.8. The van der Waals surface area contributed by atoms with Crippen LogP contribution in [0.4, 0.5) is 0 Å². The second kappa shape index (κ2) is 9.07. The minimum atomic E-state index is -3.24. The van der Waals surface area contributed by atoms with Crippen molar-refractivity contribution < 1.29 is 13.2 Å². The fraction of sp³-hybridized carbons (Fsp3) is 1.00. The van der Waals surface area contributed by atoms with Gasteiger partial charge in [-0.3, -0.25) is 0 Å². The molecule has 0 aliphatic carbocycles. The number of halogens is 1. The number of hydrogen-bond acceptors (Lipinski definition) is 4. The molecule has 0 atom stereocenters. The van der Waals surface area contributed by atoms with Gasteiger partial charge < -0.3 is 10.1 Å². The van der Waals surface area contributed by atoms with Crippen molar-refractivity contribution in [3.8, 4) is 0 Å². The summed E-state index contributed by atoms with van der Waals surface area (Å²) in [6.07, 6.45) is 1.93. The van der Waals surface area contributed by atoms with Crippen LogP contribution in [0.1, 0.15) is 12.8 Å². The first-order chi connectivity index (χ1) is 7.67. The highest BCUT2D eigenvalue weighted by atomic mass is 35.5. The Morgan fingerprint density at radius 3 is 2.41 bits per heavy atom. The molecule has 1 aliphatic rings. The summed E-state index contributed by atoms with van der Waals surface area (Å²) in [4.78, 5) is 0. The van der Waals surface area contributed by atoms with Crippen LogP contribution in [0.2, 0.25) is 0 Å². The summed E-state index contributed by atoms with van der Waals surface area (Å²) in [5.41, 5.74) is 0. The molecule has 0 radical (unpaired) electrons. The van der Waals surface area contributed by atoms with Gasteiger partial charge in [0.1, 0.15) is 0 Å². The average Bonchev–Trinajstić information content (AvgIpc) is 2.77. The second-order valence-electron chi connectivity index (χ2n) is 3.75. The first kappa shape index (κ1) is 17.1. The van der Waals surface area contributed by atoms with Crippen molar-refractivity contribution in [3.63, 3.8) is 0 Å². The van der Waals surface area contributed by atoms with Gasteiger partial charge in [0, 0.05) is 39.8 Å². The van der Waals surface area contributed by atoms with E-state index in [0.29, 0.717) is 32.8 Å². The molecule has 0 amide bonds. The van der Waals surface area contributed by atoms with Crippen LogP contribution in [0.25, 0.3) is 0 Å². The van der Waals surface area contributed by atoms with Gasteiger partial charge in [0.15, 0.2) is 0 Å². The highest BCUT2D eigenvalue weighted by Crippen LogP contribution is 2.10. The van der Waals surface area contributed by atoms with Crippen LogP contribution < -0.4 is 10.0 Å². The van der Waals surface area contributed by atoms with E-state index in [9.17, 15) is 8.42 Å². The lowest BCUT2D eigenvalue weighted by molar-refractivity contribution is 0.199. The van der Waals surface area contributed by atoms with Crippen molar-refractivity contribution in [2.45, 2.75) is 12.8 Å². The number of nitrogens with zero attached hydrogens (tertiary/aromatic N) is 1. The van der Waals surface area contributed by atoms with Crippen LogP contribution in [0, 0.1) is 0 Å². The first-order valence-electron chi connectivity index (χ1n) is 5.61. The molecule has 0 saturated carbocycles. The van der Waals surface area contributed by atoms with Gasteiger partial charge in [-0.25, -0.2) is 4.72 Å². The molecule has 8 heteroatoms. The number of hydrogen-bond donors (Lipinski definition) is 2. The molecule has 1 fully saturated rings. The normalized spacial score (nSPS) is 17.0. The van der Waals surface area contributed by atoms with Crippen molar-refractivity contribution in [2.24, 2.45) is 0 Å². The minimum absolute atomic E-state index is 0. The zero-order chi connectivity index (χ0) is 11.9. The van der Waals surface area contributed by atoms with Gasteiger partial charge in [-0.15, -0.1) is 12.4 Å². The van der Waals surface area contributed by atoms with Gasteiger partial charge in [-0.1, -0.05) is 0 Å². The third-order valence-electron chi connectivity index (χ3n) is 2.47. The van der Waals surface area contributed by atoms with E-state index in [-0.39, 0.29) is 12.4 Å². The monoisotopic (exact) mass is 287 g/mol. The number of ether oxygens (including phenoxy) is 1. The summed E-state index contributed by atoms with van der Waals surface area (Å²) in [6, 6.07) is 0. The Hall–Kier alpha value is 0.0800. The Bertz CT molecular complexity index is 281. The quantitative estimate of drug-likeness (QED) is 0.595. The molecule has 0 aromatic rings. The number of methoxy groups -OCH3 is 1. The maximum absolute atomic E-state index is 11.7. The van der Waals surface area contributed by atoms with E-state index >= 15 is 0 Å². The zero-order valence-electron chi connectivity index (χ0n) is 10.1. The Morgan fingerprint density at radius 2 is 1.82 bits per heavy atom. The van der Waals surface area contributed by atoms with E-state index in [0.717, 1.165) is 19.4 Å². The Kier molecular flexibility index (Phi) is 9.11. The van der Waals surface area contributed by atoms with Crippen molar-refractivity contribution in [1.29, 1.82) is 0 Å². The molecule has 1 heterocycles. The van der Waals surface area contributed by atoms with Crippen molar-refractivity contribution in [3.05, 3.63) is 0 Å². The molecule has 6 nitrogen and oxygen atoms in total. The van der Waals surface area contributed by atoms with E-state index in [4.69, 9.17) is 4.74 Å². The molecule has 0 bridgehead atoms. The molecule has 1 rings (SSSR count). The van der Waals surface area contributed by atoms with Gasteiger partial charge in [-0.05, 0) is 12.8 Å². The van der Waals surface area contributed by atoms with E-state index in [1.807, 2.05) is 0 Å². The summed E-state index contributed by atoms with van der Waals surface area (Å²) in [5, 5.41) is 3.08. The lowest BCUT2D eigenvalue weighted by Gasteiger charge is -2.16. The number of nitrogens with one attached hydrogen (secondary N) is 2. The summed E-state index contributed by atoms with van der Waals surface area (Å²) >= 11 is 0. The molecule has 0 spiro atoms. The second-order valence-corrected chi connectivity index (χ2v) is 5.50. The Labute approximate surface area is 110 Å². The van der Waals surface area contributed by atoms with Crippen molar-refractivity contribution >= 4 is 22.6 Å². The summed E-state index contributed by atoms with van der Waals surface area (Å²) in [5.74, 6) is 0. The van der Waals surface area contributed by atoms with Crippen molar-refractivity contribution in [1.82, 2.24) is 14.3 Å². The minimum Gasteiger partial charge on any atom is -0.383 e. The van der Waals surface area contributed by atoms with Crippen LogP contribution >= 0.6 is 12.4 Å². The van der Waals surface area contributed by atoms with Crippen LogP contribution in [0.3, 0.4) is 0 Å². The van der Waals surface area contributed by atoms with Gasteiger partial charge in [0.05, 0.1) is 6.61 Å². The largest absolute Gasteiger partial charge is 0.383 e. The smallest absolute Gasteiger partial charge is 0.279 e. The average molecular weight is 288 g/mol. The first-order valence-corrected chi connectivity index (χ1v) is 7.05. The molecule has 104 valence electrons. The predicted molar refractivity (Wildman–Crippen MR) is 69.7 cm³/mol. The lowest BCUT2D eigenvalue weighted by atomic mass is 10.4. The highest BCUT2D eigenvalue weighted by Gasteiger charge is 2.24. The molecular weight excluding hydrogens is 266 g/mol. The molecule has 2 N–H and O–H groups in total. The molecule has 1 aliphatic heterocycles. The molecule has 1 saturated heterocycles. The van der Waals surface area contributed by atoms with Gasteiger partial charge in [-0.2, -0.15) is 12.7 Å². The maximum atomic E-state index is 11.7. The molecule has 0 unspecified atom stereocenters. The standard InChI is InChI=1S/C9H21N3O3S.ClH/c1-15-9-6-10-4-5-11-16(13,14)12-7-2-3-8-12;/h10-11H,2-9H2,1H3;1H. The van der Waals surface area contributed by atoms with Crippen LogP contribution in [-0.4, -0.2) is 59.2 Å². The predicted octanol–water partition coefficient (Wildman–Crippen LogP) is -0.426. The fourth-order valence-electron chi connectivity index (χ4n) is 1.59. The van der Waals surface area contributed by atoms with E-state index < -0.39 is 10.2 Å². The highest BCUT2D eigenvalue weighted by molar-refractivity contribution is 7.87. The lowest BCUT2D eigenvalue weighted by Crippen LogP contribution is -2.41. The summed E-state index contributed by atoms with van der Waals surface area (Å²) < 4.78 is 32.3. The molecule has 17 heavy (non-hydrogen) atoms. The van der Waals surface area contributed by atoms with Gasteiger partial charge in [0.2, 0.25) is 0 Å². The van der Waals surface area contributed by atoms with Crippen LogP contribution in [0.15, 0.2) is 0 Å². The SMILES string of the molecule is COCCNCCNS(=O)(=O)N1CCCC1.Cl. The van der Waals surface area contributed by atoms with E-state index in [1.165, 1.54) is 4.31 Å². The van der Waals surface area contributed by atoms with E-state index in [1.54, 1.807) is 7.11 Å². The maximum Gasteiger partial charge on any atom is 0.279 e. The molecule has 0 aromatic carbocycles. The van der Waals surface area contributed by atoms with Crippen LogP contribution in [-0.2, 0) is 14.9 Å². The molecule has 0 aromatic heterocycles. The van der Waals surface area contributed by atoms with Gasteiger partial charge in [0.25, 0.3) is 10.2 Å². The van der Waals surface area contributed by atoms with Crippen LogP contribution in [0.5, 0.6) is 0 Å². The topological polar surface area (TPSA) is 70.7 Å². The Balaban J connectivity index is 0.00000256. The number of rotatable bonds is 8. The van der Waals surface area contributed by atoms with Gasteiger partial charge >= 0.3 is 0 Å². The van der Waals surface area contributed by atoms with Crippen molar-refractivity contribution in [2.75, 3.05) is 46.4 Å².